The number of nitrogens with zero attached hydrogens (tertiary/aromatic N) is 6. The van der Waals surface area contributed by atoms with Crippen LogP contribution in [0.2, 0.25) is 0 Å². The van der Waals surface area contributed by atoms with Gasteiger partial charge in [-0.1, -0.05) is 0 Å². The molecule has 1 unspecified atom stereocenters. The highest BCUT2D eigenvalue weighted by Gasteiger charge is 2.28. The maximum absolute atomic E-state index is 13.0. The Balaban J connectivity index is 1.33. The summed E-state index contributed by atoms with van der Waals surface area (Å²) in [5.74, 6) is 0.788. The van der Waals surface area contributed by atoms with Gasteiger partial charge in [0.2, 0.25) is 0 Å². The molecule has 1 amide bonds. The molecule has 0 bridgehead atoms. The topological polar surface area (TPSA) is 88.3 Å². The zero-order chi connectivity index (χ0) is 18.2. The lowest BCUT2D eigenvalue weighted by molar-refractivity contribution is 0.0793. The molecule has 0 spiro atoms. The average molecular weight is 359 g/mol. The molecule has 1 aliphatic rings. The van der Waals surface area contributed by atoms with E-state index in [9.17, 15) is 4.79 Å². The van der Waals surface area contributed by atoms with Crippen molar-refractivity contribution in [3.63, 3.8) is 0 Å². The van der Waals surface area contributed by atoms with E-state index in [0.29, 0.717) is 18.7 Å². The van der Waals surface area contributed by atoms with Crippen molar-refractivity contribution in [1.82, 2.24) is 29.5 Å². The summed E-state index contributed by atoms with van der Waals surface area (Å²) in [4.78, 5) is 27.5. The first-order chi connectivity index (χ1) is 13.3. The Bertz CT molecular complexity index is 1130. The molecule has 134 valence electrons. The fraction of sp³-hybridized carbons (Fsp3) is 0.211. The van der Waals surface area contributed by atoms with Crippen LogP contribution in [0.1, 0.15) is 16.8 Å². The van der Waals surface area contributed by atoms with Crippen LogP contribution in [0.15, 0.2) is 55.2 Å². The summed E-state index contributed by atoms with van der Waals surface area (Å²) in [5, 5.41) is 8.69. The lowest BCUT2D eigenvalue weighted by Gasteiger charge is -2.18. The van der Waals surface area contributed by atoms with Crippen LogP contribution in [0.25, 0.3) is 16.6 Å². The summed E-state index contributed by atoms with van der Waals surface area (Å²) in [6.45, 7) is 1.33. The SMILES string of the molecule is O=C(c1ccnc2ccncc12)N1CCC(Nc2ccc3nccn3n2)C1. The summed E-state index contributed by atoms with van der Waals surface area (Å²) in [7, 11) is 0. The van der Waals surface area contributed by atoms with E-state index in [1.165, 1.54) is 0 Å². The summed E-state index contributed by atoms with van der Waals surface area (Å²) >= 11 is 0. The number of anilines is 1. The molecule has 0 saturated carbocycles. The number of aromatic nitrogens is 5. The Hall–Kier alpha value is -3.55. The van der Waals surface area contributed by atoms with Crippen molar-refractivity contribution in [1.29, 1.82) is 0 Å². The first-order valence-corrected chi connectivity index (χ1v) is 8.83. The number of hydrogen-bond donors (Lipinski definition) is 1. The van der Waals surface area contributed by atoms with Gasteiger partial charge in [-0.2, -0.15) is 0 Å². The van der Waals surface area contributed by atoms with Crippen LogP contribution >= 0.6 is 0 Å². The van der Waals surface area contributed by atoms with Gasteiger partial charge in [0.15, 0.2) is 5.65 Å². The van der Waals surface area contributed by atoms with Crippen LogP contribution in [0, 0.1) is 0 Å². The van der Waals surface area contributed by atoms with Gasteiger partial charge in [0.1, 0.15) is 5.82 Å². The minimum atomic E-state index is 0.0118. The number of amides is 1. The number of rotatable bonds is 3. The number of carbonyl (C=O) groups excluding carboxylic acids is 1. The molecule has 5 heterocycles. The highest BCUT2D eigenvalue weighted by atomic mass is 16.2. The van der Waals surface area contributed by atoms with Gasteiger partial charge in [0.05, 0.1) is 11.1 Å². The smallest absolute Gasteiger partial charge is 0.254 e. The fourth-order valence-corrected chi connectivity index (χ4v) is 3.51. The van der Waals surface area contributed by atoms with Gasteiger partial charge in [-0.05, 0) is 30.7 Å². The molecule has 1 N–H and O–H groups in total. The quantitative estimate of drug-likeness (QED) is 0.602. The van der Waals surface area contributed by atoms with Gasteiger partial charge >= 0.3 is 0 Å². The number of carbonyl (C=O) groups is 1. The molecule has 0 aromatic carbocycles. The van der Waals surface area contributed by atoms with E-state index in [0.717, 1.165) is 28.8 Å². The van der Waals surface area contributed by atoms with E-state index in [2.05, 4.69) is 25.4 Å². The first kappa shape index (κ1) is 15.7. The van der Waals surface area contributed by atoms with Crippen molar-refractivity contribution in [2.24, 2.45) is 0 Å². The Kier molecular flexibility index (Phi) is 3.67. The second-order valence-electron chi connectivity index (χ2n) is 6.58. The monoisotopic (exact) mass is 359 g/mol. The Morgan fingerprint density at radius 2 is 2.07 bits per heavy atom. The second kappa shape index (κ2) is 6.31. The first-order valence-electron chi connectivity index (χ1n) is 8.83. The molecule has 8 nitrogen and oxygen atoms in total. The number of pyridine rings is 2. The standard InChI is InChI=1S/C19H17N7O/c27-19(14-3-7-21-16-4-6-20-11-15(14)16)25-9-5-13(12-25)23-17-1-2-18-22-8-10-26(18)24-17/h1-4,6-8,10-11,13H,5,9,12H2,(H,23,24). The summed E-state index contributed by atoms with van der Waals surface area (Å²) in [6, 6.07) is 7.58. The molecule has 5 rings (SSSR count). The zero-order valence-corrected chi connectivity index (χ0v) is 14.5. The van der Waals surface area contributed by atoms with Crippen LogP contribution in [-0.2, 0) is 0 Å². The van der Waals surface area contributed by atoms with E-state index in [1.54, 1.807) is 35.4 Å². The van der Waals surface area contributed by atoms with Gasteiger partial charge in [-0.3, -0.25) is 14.8 Å². The minimum absolute atomic E-state index is 0.0118. The Morgan fingerprint density at radius 1 is 1.11 bits per heavy atom. The van der Waals surface area contributed by atoms with E-state index in [1.807, 2.05) is 29.3 Å². The third kappa shape index (κ3) is 2.84. The normalized spacial score (nSPS) is 16.9. The lowest BCUT2D eigenvalue weighted by Crippen LogP contribution is -2.32. The number of likely N-dealkylation sites (tertiary alicyclic amines) is 1. The van der Waals surface area contributed by atoms with Crippen molar-refractivity contribution in [2.45, 2.75) is 12.5 Å². The molecule has 1 aliphatic heterocycles. The number of hydrogen-bond acceptors (Lipinski definition) is 6. The second-order valence-corrected chi connectivity index (χ2v) is 6.58. The fourth-order valence-electron chi connectivity index (χ4n) is 3.51. The van der Waals surface area contributed by atoms with Gasteiger partial charge < -0.3 is 10.2 Å². The van der Waals surface area contributed by atoms with Crippen molar-refractivity contribution >= 4 is 28.3 Å². The summed E-state index contributed by atoms with van der Waals surface area (Å²) in [6.07, 6.45) is 9.46. The largest absolute Gasteiger partial charge is 0.364 e. The van der Waals surface area contributed by atoms with E-state index < -0.39 is 0 Å². The molecule has 4 aromatic heterocycles. The predicted octanol–water partition coefficient (Wildman–Crippen LogP) is 2.00. The molecule has 0 aliphatic carbocycles. The lowest BCUT2D eigenvalue weighted by atomic mass is 10.1. The minimum Gasteiger partial charge on any atom is -0.364 e. The number of fused-ring (bicyclic) bond motifs is 2. The predicted molar refractivity (Wildman–Crippen MR) is 100 cm³/mol. The zero-order valence-electron chi connectivity index (χ0n) is 14.5. The maximum atomic E-state index is 13.0. The molecule has 1 fully saturated rings. The van der Waals surface area contributed by atoms with E-state index in [4.69, 9.17) is 0 Å². The van der Waals surface area contributed by atoms with Crippen molar-refractivity contribution in [3.05, 3.63) is 60.8 Å². The molecule has 27 heavy (non-hydrogen) atoms. The molecule has 1 atom stereocenters. The molecule has 4 aromatic rings. The van der Waals surface area contributed by atoms with Crippen molar-refractivity contribution in [2.75, 3.05) is 18.4 Å². The van der Waals surface area contributed by atoms with Crippen LogP contribution in [0.3, 0.4) is 0 Å². The number of imidazole rings is 1. The van der Waals surface area contributed by atoms with Crippen molar-refractivity contribution < 1.29 is 4.79 Å². The van der Waals surface area contributed by atoms with Crippen LogP contribution in [0.5, 0.6) is 0 Å². The van der Waals surface area contributed by atoms with Gasteiger partial charge in [-0.25, -0.2) is 9.50 Å². The highest BCUT2D eigenvalue weighted by molar-refractivity contribution is 6.05. The summed E-state index contributed by atoms with van der Waals surface area (Å²) < 4.78 is 1.73. The van der Waals surface area contributed by atoms with Crippen molar-refractivity contribution in [3.8, 4) is 0 Å². The average Bonchev–Trinajstić information content (AvgIpc) is 3.36. The number of nitrogens with one attached hydrogen (secondary N) is 1. The maximum Gasteiger partial charge on any atom is 0.254 e. The van der Waals surface area contributed by atoms with Gasteiger partial charge in [-0.15, -0.1) is 5.10 Å². The van der Waals surface area contributed by atoms with Gasteiger partial charge in [0.25, 0.3) is 5.91 Å². The van der Waals surface area contributed by atoms with Crippen LogP contribution in [0.4, 0.5) is 5.82 Å². The summed E-state index contributed by atoms with van der Waals surface area (Å²) in [5.41, 5.74) is 2.23. The molecule has 1 saturated heterocycles. The molecule has 0 radical (unpaired) electrons. The highest BCUT2D eigenvalue weighted by Crippen LogP contribution is 2.21. The molecule has 8 heteroatoms. The molecular formula is C19H17N7O. The third-order valence-electron chi connectivity index (χ3n) is 4.86. The molecular weight excluding hydrogens is 342 g/mol. The third-order valence-corrected chi connectivity index (χ3v) is 4.86. The van der Waals surface area contributed by atoms with Crippen LogP contribution < -0.4 is 5.32 Å². The van der Waals surface area contributed by atoms with E-state index in [-0.39, 0.29) is 11.9 Å². The van der Waals surface area contributed by atoms with E-state index >= 15 is 0 Å². The Labute approximate surface area is 154 Å². The van der Waals surface area contributed by atoms with Gasteiger partial charge in [0, 0.05) is 55.5 Å². The van der Waals surface area contributed by atoms with Crippen LogP contribution in [-0.4, -0.2) is 54.5 Å². The Morgan fingerprint density at radius 3 is 3.04 bits per heavy atom.